The molecule has 1 saturated heterocycles. The van der Waals surface area contributed by atoms with Crippen molar-refractivity contribution in [2.45, 2.75) is 52.0 Å². The van der Waals surface area contributed by atoms with Gasteiger partial charge in [-0.1, -0.05) is 13.3 Å². The van der Waals surface area contributed by atoms with E-state index in [0.717, 1.165) is 38.8 Å². The second-order valence-electron chi connectivity index (χ2n) is 5.09. The number of amides is 1. The quantitative estimate of drug-likeness (QED) is 0.713. The van der Waals surface area contributed by atoms with Gasteiger partial charge in [-0.15, -0.1) is 12.3 Å². The van der Waals surface area contributed by atoms with Gasteiger partial charge in [-0.2, -0.15) is 0 Å². The molecule has 1 aliphatic rings. The Balaban J connectivity index is 2.63. The van der Waals surface area contributed by atoms with E-state index in [1.807, 2.05) is 6.92 Å². The van der Waals surface area contributed by atoms with Gasteiger partial charge >= 0.3 is 0 Å². The fourth-order valence-electron chi connectivity index (χ4n) is 2.57. The van der Waals surface area contributed by atoms with E-state index in [0.29, 0.717) is 6.42 Å². The Bertz CT molecular complexity index is 282. The maximum Gasteiger partial charge on any atom is 0.227 e. The number of carbonyl (C=O) groups is 1. The molecular weight excluding hydrogens is 212 g/mol. The zero-order valence-corrected chi connectivity index (χ0v) is 11.0. The van der Waals surface area contributed by atoms with Gasteiger partial charge in [0.2, 0.25) is 5.91 Å². The molecule has 17 heavy (non-hydrogen) atoms. The van der Waals surface area contributed by atoms with Crippen LogP contribution in [0.1, 0.15) is 46.0 Å². The third-order valence-corrected chi connectivity index (χ3v) is 3.48. The molecule has 1 heterocycles. The lowest BCUT2D eigenvalue weighted by Crippen LogP contribution is -2.52. The highest BCUT2D eigenvalue weighted by molar-refractivity contribution is 5.83. The minimum absolute atomic E-state index is 0.0724. The molecule has 2 unspecified atom stereocenters. The zero-order valence-electron chi connectivity index (χ0n) is 11.0. The molecule has 3 nitrogen and oxygen atoms in total. The Kier molecular flexibility index (Phi) is 5.50. The van der Waals surface area contributed by atoms with Gasteiger partial charge in [0.15, 0.2) is 0 Å². The average molecular weight is 236 g/mol. The normalized spacial score (nSPS) is 25.9. The minimum Gasteiger partial charge on any atom is -0.352 e. The first-order valence-corrected chi connectivity index (χ1v) is 6.60. The summed E-state index contributed by atoms with van der Waals surface area (Å²) < 4.78 is 0. The van der Waals surface area contributed by atoms with Crippen LogP contribution < -0.4 is 10.6 Å². The first-order chi connectivity index (χ1) is 8.14. The fraction of sp³-hybridized carbons (Fsp3) is 0.786. The van der Waals surface area contributed by atoms with Crippen molar-refractivity contribution in [2.24, 2.45) is 5.41 Å². The van der Waals surface area contributed by atoms with Crippen molar-refractivity contribution in [1.29, 1.82) is 0 Å². The monoisotopic (exact) mass is 236 g/mol. The Labute approximate surface area is 105 Å². The summed E-state index contributed by atoms with van der Waals surface area (Å²) in [6.07, 6.45) is 9.92. The summed E-state index contributed by atoms with van der Waals surface area (Å²) in [4.78, 5) is 12.4. The first kappa shape index (κ1) is 14.1. The van der Waals surface area contributed by atoms with Crippen LogP contribution in [0.5, 0.6) is 0 Å². The average Bonchev–Trinajstić information content (AvgIpc) is 2.30. The molecule has 0 aliphatic carbocycles. The molecular formula is C14H24N2O. The lowest BCUT2D eigenvalue weighted by molar-refractivity contribution is -0.133. The molecule has 1 rings (SSSR count). The third-order valence-electron chi connectivity index (χ3n) is 3.48. The summed E-state index contributed by atoms with van der Waals surface area (Å²) in [5.74, 6) is 2.77. The van der Waals surface area contributed by atoms with Gasteiger partial charge in [-0.3, -0.25) is 4.79 Å². The van der Waals surface area contributed by atoms with E-state index in [1.54, 1.807) is 0 Å². The van der Waals surface area contributed by atoms with Gasteiger partial charge < -0.3 is 10.6 Å². The van der Waals surface area contributed by atoms with Crippen molar-refractivity contribution in [3.8, 4) is 12.3 Å². The van der Waals surface area contributed by atoms with Crippen LogP contribution in [0.15, 0.2) is 0 Å². The van der Waals surface area contributed by atoms with Gasteiger partial charge in [0.05, 0.1) is 5.41 Å². The molecule has 1 amide bonds. The molecule has 0 aromatic heterocycles. The SMILES string of the molecule is C#CCC(C)NC(=O)C1(CCC)CCCNC1. The molecule has 1 fully saturated rings. The number of hydrogen-bond acceptors (Lipinski definition) is 2. The van der Waals surface area contributed by atoms with Crippen molar-refractivity contribution < 1.29 is 4.79 Å². The van der Waals surface area contributed by atoms with Gasteiger partial charge in [0, 0.05) is 19.0 Å². The van der Waals surface area contributed by atoms with Crippen LogP contribution in [0.4, 0.5) is 0 Å². The van der Waals surface area contributed by atoms with Crippen LogP contribution >= 0.6 is 0 Å². The van der Waals surface area contributed by atoms with Crippen LogP contribution in [0.2, 0.25) is 0 Å². The molecule has 2 atom stereocenters. The van der Waals surface area contributed by atoms with Crippen LogP contribution in [0.25, 0.3) is 0 Å². The van der Waals surface area contributed by atoms with E-state index >= 15 is 0 Å². The number of terminal acetylenes is 1. The van der Waals surface area contributed by atoms with Crippen molar-refractivity contribution >= 4 is 5.91 Å². The van der Waals surface area contributed by atoms with Gasteiger partial charge in [0.25, 0.3) is 0 Å². The molecule has 0 spiro atoms. The van der Waals surface area contributed by atoms with Crippen molar-refractivity contribution in [2.75, 3.05) is 13.1 Å². The number of piperidine rings is 1. The predicted molar refractivity (Wildman–Crippen MR) is 70.5 cm³/mol. The van der Waals surface area contributed by atoms with Crippen molar-refractivity contribution in [3.63, 3.8) is 0 Å². The van der Waals surface area contributed by atoms with Crippen LogP contribution in [-0.4, -0.2) is 25.0 Å². The van der Waals surface area contributed by atoms with Crippen molar-refractivity contribution in [3.05, 3.63) is 0 Å². The summed E-state index contributed by atoms with van der Waals surface area (Å²) in [5.41, 5.74) is -0.212. The number of rotatable bonds is 5. The summed E-state index contributed by atoms with van der Waals surface area (Å²) >= 11 is 0. The molecule has 2 N–H and O–H groups in total. The summed E-state index contributed by atoms with van der Waals surface area (Å²) in [7, 11) is 0. The largest absolute Gasteiger partial charge is 0.352 e. The Hall–Kier alpha value is -1.01. The van der Waals surface area contributed by atoms with E-state index in [-0.39, 0.29) is 17.4 Å². The van der Waals surface area contributed by atoms with Gasteiger partial charge in [-0.25, -0.2) is 0 Å². The van der Waals surface area contributed by atoms with Crippen molar-refractivity contribution in [1.82, 2.24) is 10.6 Å². The maximum atomic E-state index is 12.4. The third kappa shape index (κ3) is 3.74. The molecule has 0 saturated carbocycles. The lowest BCUT2D eigenvalue weighted by Gasteiger charge is -2.37. The topological polar surface area (TPSA) is 41.1 Å². The highest BCUT2D eigenvalue weighted by Crippen LogP contribution is 2.32. The Morgan fingerprint density at radius 3 is 2.94 bits per heavy atom. The lowest BCUT2D eigenvalue weighted by atomic mass is 9.76. The van der Waals surface area contributed by atoms with E-state index in [4.69, 9.17) is 6.42 Å². The fourth-order valence-corrected chi connectivity index (χ4v) is 2.57. The second-order valence-corrected chi connectivity index (χ2v) is 5.09. The maximum absolute atomic E-state index is 12.4. The molecule has 0 aromatic carbocycles. The number of hydrogen-bond donors (Lipinski definition) is 2. The predicted octanol–water partition coefficient (Wildman–Crippen LogP) is 1.68. The summed E-state index contributed by atoms with van der Waals surface area (Å²) in [6, 6.07) is 0.0724. The summed E-state index contributed by atoms with van der Waals surface area (Å²) in [5, 5.41) is 6.40. The standard InChI is InChI=1S/C14H24N2O/c1-4-7-12(3)16-13(17)14(8-5-2)9-6-10-15-11-14/h1,12,15H,5-11H2,2-3H3,(H,16,17). The first-order valence-electron chi connectivity index (χ1n) is 6.60. The molecule has 0 radical (unpaired) electrons. The Morgan fingerprint density at radius 2 is 2.41 bits per heavy atom. The van der Waals surface area contributed by atoms with E-state index in [9.17, 15) is 4.79 Å². The van der Waals surface area contributed by atoms with Crippen LogP contribution in [0.3, 0.4) is 0 Å². The van der Waals surface area contributed by atoms with Gasteiger partial charge in [-0.05, 0) is 32.7 Å². The molecule has 0 bridgehead atoms. The highest BCUT2D eigenvalue weighted by Gasteiger charge is 2.38. The minimum atomic E-state index is -0.212. The molecule has 0 aromatic rings. The van der Waals surface area contributed by atoms with Crippen LogP contribution in [-0.2, 0) is 4.79 Å². The molecule has 96 valence electrons. The van der Waals surface area contributed by atoms with Gasteiger partial charge in [0.1, 0.15) is 0 Å². The second kappa shape index (κ2) is 6.66. The van der Waals surface area contributed by atoms with E-state index in [2.05, 4.69) is 23.5 Å². The molecule has 3 heteroatoms. The molecule has 1 aliphatic heterocycles. The zero-order chi connectivity index (χ0) is 12.7. The van der Waals surface area contributed by atoms with E-state index in [1.165, 1.54) is 0 Å². The van der Waals surface area contributed by atoms with Crippen LogP contribution in [0, 0.1) is 17.8 Å². The highest BCUT2D eigenvalue weighted by atomic mass is 16.2. The summed E-state index contributed by atoms with van der Waals surface area (Å²) in [6.45, 7) is 5.93. The smallest absolute Gasteiger partial charge is 0.227 e. The Morgan fingerprint density at radius 1 is 1.65 bits per heavy atom. The number of nitrogens with one attached hydrogen (secondary N) is 2. The number of carbonyl (C=O) groups excluding carboxylic acids is 1. The van der Waals surface area contributed by atoms with E-state index < -0.39 is 0 Å².